The predicted octanol–water partition coefficient (Wildman–Crippen LogP) is 2.17. The monoisotopic (exact) mass is 406 g/mol. The molecule has 1 unspecified atom stereocenters. The summed E-state index contributed by atoms with van der Waals surface area (Å²) < 4.78 is 11.0. The van der Waals surface area contributed by atoms with Crippen molar-refractivity contribution < 1.29 is 14.6 Å². The Morgan fingerprint density at radius 3 is 2.55 bits per heavy atom. The molecule has 1 aromatic carbocycles. The fraction of sp³-hybridized carbons (Fsp3) is 0.682. The predicted molar refractivity (Wildman–Crippen MR) is 118 cm³/mol. The molecule has 2 rings (SSSR count). The molecule has 1 atom stereocenters. The quantitative estimate of drug-likeness (QED) is 0.297. The molecule has 29 heavy (non-hydrogen) atoms. The second-order valence-electron chi connectivity index (χ2n) is 7.56. The molecule has 0 aromatic heterocycles. The molecule has 7 nitrogen and oxygen atoms in total. The van der Waals surface area contributed by atoms with Crippen LogP contribution < -0.4 is 15.4 Å². The lowest BCUT2D eigenvalue weighted by Gasteiger charge is -2.26. The normalized spacial score (nSPS) is 16.7. The van der Waals surface area contributed by atoms with Crippen molar-refractivity contribution in [2.45, 2.75) is 45.8 Å². The molecule has 0 amide bonds. The van der Waals surface area contributed by atoms with Gasteiger partial charge in [0.05, 0.1) is 32.0 Å². The van der Waals surface area contributed by atoms with Gasteiger partial charge in [-0.1, -0.05) is 12.1 Å². The van der Waals surface area contributed by atoms with Crippen LogP contribution in [-0.2, 0) is 4.74 Å². The molecule has 7 heteroatoms. The van der Waals surface area contributed by atoms with Gasteiger partial charge < -0.3 is 25.2 Å². The van der Waals surface area contributed by atoms with Crippen LogP contribution in [0.5, 0.6) is 5.75 Å². The van der Waals surface area contributed by atoms with E-state index in [1.54, 1.807) is 0 Å². The van der Waals surface area contributed by atoms with Crippen molar-refractivity contribution >= 4 is 5.96 Å². The van der Waals surface area contributed by atoms with E-state index in [1.165, 1.54) is 0 Å². The first-order chi connectivity index (χ1) is 14.1. The lowest BCUT2D eigenvalue weighted by atomic mass is 10.1. The zero-order valence-electron chi connectivity index (χ0n) is 18.2. The number of guanidine groups is 1. The molecule has 3 N–H and O–H groups in total. The van der Waals surface area contributed by atoms with Gasteiger partial charge in [0, 0.05) is 26.2 Å². The van der Waals surface area contributed by atoms with Crippen molar-refractivity contribution in [1.82, 2.24) is 15.5 Å². The van der Waals surface area contributed by atoms with Crippen LogP contribution in [-0.4, -0.2) is 74.6 Å². The standard InChI is InChI=1S/C22H38N4O3/c1-4-23-22(24-11-5-6-12-26-13-15-28-16-14-26)25-17-21(27)19-7-9-20(10-8-19)29-18(2)3/h7-10,18,21,27H,4-6,11-17H2,1-3H3,(H2,23,24,25). The van der Waals surface area contributed by atoms with Crippen molar-refractivity contribution in [2.75, 3.05) is 52.5 Å². The first-order valence-corrected chi connectivity index (χ1v) is 10.9. The van der Waals surface area contributed by atoms with E-state index in [0.717, 1.165) is 76.1 Å². The van der Waals surface area contributed by atoms with E-state index >= 15 is 0 Å². The molecule has 0 radical (unpaired) electrons. The molecule has 164 valence electrons. The summed E-state index contributed by atoms with van der Waals surface area (Å²) in [5, 5.41) is 17.0. The molecule has 1 aliphatic heterocycles. The Labute approximate surface area is 175 Å². The second-order valence-corrected chi connectivity index (χ2v) is 7.56. The maximum atomic E-state index is 10.4. The van der Waals surface area contributed by atoms with E-state index in [4.69, 9.17) is 9.47 Å². The summed E-state index contributed by atoms with van der Waals surface area (Å²) in [6.45, 7) is 12.9. The van der Waals surface area contributed by atoms with Gasteiger partial charge in [0.1, 0.15) is 5.75 Å². The van der Waals surface area contributed by atoms with Crippen LogP contribution in [0, 0.1) is 0 Å². The van der Waals surface area contributed by atoms with E-state index in [9.17, 15) is 5.11 Å². The smallest absolute Gasteiger partial charge is 0.191 e. The number of hydrogen-bond donors (Lipinski definition) is 3. The molecule has 1 aliphatic rings. The third-order valence-corrected chi connectivity index (χ3v) is 4.70. The average molecular weight is 407 g/mol. The van der Waals surface area contributed by atoms with Gasteiger partial charge in [0.15, 0.2) is 5.96 Å². The Balaban J connectivity index is 1.72. The molecule has 1 aromatic rings. The Morgan fingerprint density at radius 2 is 1.90 bits per heavy atom. The first-order valence-electron chi connectivity index (χ1n) is 10.9. The number of nitrogens with zero attached hydrogens (tertiary/aromatic N) is 2. The van der Waals surface area contributed by atoms with E-state index in [0.29, 0.717) is 6.54 Å². The summed E-state index contributed by atoms with van der Waals surface area (Å²) in [4.78, 5) is 6.99. The van der Waals surface area contributed by atoms with Crippen LogP contribution in [0.1, 0.15) is 45.3 Å². The minimum absolute atomic E-state index is 0.137. The van der Waals surface area contributed by atoms with Crippen LogP contribution in [0.25, 0.3) is 0 Å². The molecule has 0 saturated carbocycles. The second kappa shape index (κ2) is 13.4. The van der Waals surface area contributed by atoms with E-state index < -0.39 is 6.10 Å². The van der Waals surface area contributed by atoms with Crippen LogP contribution >= 0.6 is 0 Å². The number of aliphatic hydroxyl groups is 1. The van der Waals surface area contributed by atoms with E-state index in [1.807, 2.05) is 45.0 Å². The van der Waals surface area contributed by atoms with Crippen molar-refractivity contribution in [1.29, 1.82) is 0 Å². The minimum atomic E-state index is -0.639. The Bertz CT molecular complexity index is 586. The third-order valence-electron chi connectivity index (χ3n) is 4.70. The van der Waals surface area contributed by atoms with Gasteiger partial charge >= 0.3 is 0 Å². The lowest BCUT2D eigenvalue weighted by molar-refractivity contribution is 0.0372. The van der Waals surface area contributed by atoms with Crippen LogP contribution in [0.15, 0.2) is 29.3 Å². The number of nitrogens with one attached hydrogen (secondary N) is 2. The van der Waals surface area contributed by atoms with E-state index in [2.05, 4.69) is 20.5 Å². The highest BCUT2D eigenvalue weighted by Crippen LogP contribution is 2.19. The van der Waals surface area contributed by atoms with Crippen molar-refractivity contribution in [3.63, 3.8) is 0 Å². The number of ether oxygens (including phenoxy) is 2. The molecule has 1 heterocycles. The molecule has 1 fully saturated rings. The SMILES string of the molecule is CCNC(=NCC(O)c1ccc(OC(C)C)cc1)NCCCCN1CCOCC1. The van der Waals surface area contributed by atoms with Gasteiger partial charge in [-0.15, -0.1) is 0 Å². The fourth-order valence-corrected chi connectivity index (χ4v) is 3.16. The minimum Gasteiger partial charge on any atom is -0.491 e. The number of aliphatic imine (C=N–C) groups is 1. The van der Waals surface area contributed by atoms with Gasteiger partial charge in [-0.05, 0) is 57.9 Å². The van der Waals surface area contributed by atoms with Crippen molar-refractivity contribution in [3.05, 3.63) is 29.8 Å². The van der Waals surface area contributed by atoms with E-state index in [-0.39, 0.29) is 6.10 Å². The number of aliphatic hydroxyl groups excluding tert-OH is 1. The maximum absolute atomic E-state index is 10.4. The average Bonchev–Trinajstić information content (AvgIpc) is 2.72. The number of unbranched alkanes of at least 4 members (excludes halogenated alkanes) is 1. The van der Waals surface area contributed by atoms with Crippen LogP contribution in [0.4, 0.5) is 0 Å². The van der Waals surface area contributed by atoms with Gasteiger partial charge in [0.2, 0.25) is 0 Å². The Morgan fingerprint density at radius 1 is 1.17 bits per heavy atom. The Hall–Kier alpha value is -1.83. The highest BCUT2D eigenvalue weighted by atomic mass is 16.5. The molecular weight excluding hydrogens is 368 g/mol. The van der Waals surface area contributed by atoms with Crippen LogP contribution in [0.2, 0.25) is 0 Å². The number of rotatable bonds is 11. The summed E-state index contributed by atoms with van der Waals surface area (Å²) in [7, 11) is 0. The Kier molecular flexibility index (Phi) is 10.8. The van der Waals surface area contributed by atoms with Gasteiger partial charge in [0.25, 0.3) is 0 Å². The highest BCUT2D eigenvalue weighted by Gasteiger charge is 2.10. The topological polar surface area (TPSA) is 78.4 Å². The number of benzene rings is 1. The van der Waals surface area contributed by atoms with Crippen molar-refractivity contribution in [2.24, 2.45) is 4.99 Å². The maximum Gasteiger partial charge on any atom is 0.191 e. The fourth-order valence-electron chi connectivity index (χ4n) is 3.16. The summed E-state index contributed by atoms with van der Waals surface area (Å²) >= 11 is 0. The molecular formula is C22H38N4O3. The van der Waals surface area contributed by atoms with Gasteiger partial charge in [-0.25, -0.2) is 0 Å². The zero-order valence-corrected chi connectivity index (χ0v) is 18.2. The number of morpholine rings is 1. The number of hydrogen-bond acceptors (Lipinski definition) is 5. The first kappa shape index (κ1) is 23.4. The molecule has 0 spiro atoms. The van der Waals surface area contributed by atoms with Crippen molar-refractivity contribution in [3.8, 4) is 5.75 Å². The summed E-state index contributed by atoms with van der Waals surface area (Å²) in [6.07, 6.45) is 1.74. The summed E-state index contributed by atoms with van der Waals surface area (Å²) in [6, 6.07) is 7.56. The lowest BCUT2D eigenvalue weighted by Crippen LogP contribution is -2.39. The molecule has 0 bridgehead atoms. The highest BCUT2D eigenvalue weighted by molar-refractivity contribution is 5.79. The molecule has 0 aliphatic carbocycles. The molecule has 1 saturated heterocycles. The van der Waals surface area contributed by atoms with Crippen LogP contribution in [0.3, 0.4) is 0 Å². The van der Waals surface area contributed by atoms with Gasteiger partial charge in [-0.2, -0.15) is 0 Å². The summed E-state index contributed by atoms with van der Waals surface area (Å²) in [5.41, 5.74) is 0.839. The third kappa shape index (κ3) is 9.47. The summed E-state index contributed by atoms with van der Waals surface area (Å²) in [5.74, 6) is 1.56. The largest absolute Gasteiger partial charge is 0.491 e. The zero-order chi connectivity index (χ0) is 20.9. The van der Waals surface area contributed by atoms with Gasteiger partial charge in [-0.3, -0.25) is 9.89 Å².